The van der Waals surface area contributed by atoms with Crippen LogP contribution in [0.1, 0.15) is 0 Å². The van der Waals surface area contributed by atoms with Crippen LogP contribution in [-0.2, 0) is 0 Å². The Labute approximate surface area is 118 Å². The first-order chi connectivity index (χ1) is 9.15. The number of hydrogen-bond acceptors (Lipinski definition) is 2. The highest BCUT2D eigenvalue weighted by Gasteiger charge is 2.09. The summed E-state index contributed by atoms with van der Waals surface area (Å²) in [5, 5.41) is 0.844. The SMILES string of the molecule is O=c1[nH]c2ccccc2nc1-c1ccc(Cl)c(Cl)c1. The first-order valence-electron chi connectivity index (χ1n) is 5.59. The van der Waals surface area contributed by atoms with Crippen molar-refractivity contribution >= 4 is 34.2 Å². The second kappa shape index (κ2) is 4.68. The Morgan fingerprint density at radius 2 is 1.79 bits per heavy atom. The minimum absolute atomic E-state index is 0.253. The molecule has 0 saturated carbocycles. The molecule has 0 saturated heterocycles. The quantitative estimate of drug-likeness (QED) is 0.739. The number of halogens is 2. The van der Waals surface area contributed by atoms with Crippen molar-refractivity contribution < 1.29 is 0 Å². The summed E-state index contributed by atoms with van der Waals surface area (Å²) in [6, 6.07) is 12.4. The summed E-state index contributed by atoms with van der Waals surface area (Å²) in [5.41, 5.74) is 2.15. The standard InChI is InChI=1S/C14H8Cl2N2O/c15-9-6-5-8(7-10(9)16)13-14(19)18-12-4-2-1-3-11(12)17-13/h1-7H,(H,18,19). The molecule has 19 heavy (non-hydrogen) atoms. The van der Waals surface area contributed by atoms with Crippen molar-refractivity contribution in [2.75, 3.05) is 0 Å². The van der Waals surface area contributed by atoms with E-state index in [2.05, 4.69) is 9.97 Å². The van der Waals surface area contributed by atoms with E-state index in [4.69, 9.17) is 23.2 Å². The first kappa shape index (κ1) is 12.2. The lowest BCUT2D eigenvalue weighted by molar-refractivity contribution is 1.22. The number of hydrogen-bond donors (Lipinski definition) is 1. The highest BCUT2D eigenvalue weighted by Crippen LogP contribution is 2.26. The number of nitrogens with one attached hydrogen (secondary N) is 1. The van der Waals surface area contributed by atoms with Gasteiger partial charge in [-0.3, -0.25) is 4.79 Å². The molecule has 0 aliphatic carbocycles. The molecule has 0 fully saturated rings. The lowest BCUT2D eigenvalue weighted by Crippen LogP contribution is -2.11. The van der Waals surface area contributed by atoms with Gasteiger partial charge in [-0.15, -0.1) is 0 Å². The van der Waals surface area contributed by atoms with E-state index < -0.39 is 0 Å². The molecule has 0 aliphatic heterocycles. The van der Waals surface area contributed by atoms with E-state index in [1.807, 2.05) is 24.3 Å². The summed E-state index contributed by atoms with van der Waals surface area (Å²) < 4.78 is 0. The number of rotatable bonds is 1. The summed E-state index contributed by atoms with van der Waals surface area (Å²) in [5.74, 6) is 0. The van der Waals surface area contributed by atoms with Crippen LogP contribution in [0.5, 0.6) is 0 Å². The van der Waals surface area contributed by atoms with E-state index in [0.29, 0.717) is 26.8 Å². The summed E-state index contributed by atoms with van der Waals surface area (Å²) in [4.78, 5) is 19.2. The molecule has 1 N–H and O–H groups in total. The van der Waals surface area contributed by atoms with Gasteiger partial charge in [0.1, 0.15) is 5.69 Å². The Kier molecular flexibility index (Phi) is 3.01. The van der Waals surface area contributed by atoms with Gasteiger partial charge >= 0.3 is 0 Å². The molecule has 0 bridgehead atoms. The molecule has 94 valence electrons. The molecule has 1 aromatic heterocycles. The highest BCUT2D eigenvalue weighted by atomic mass is 35.5. The van der Waals surface area contributed by atoms with Crippen LogP contribution in [0.3, 0.4) is 0 Å². The molecule has 0 spiro atoms. The zero-order chi connectivity index (χ0) is 13.4. The second-order valence-corrected chi connectivity index (χ2v) is 4.87. The molecule has 0 unspecified atom stereocenters. The summed E-state index contributed by atoms with van der Waals surface area (Å²) in [7, 11) is 0. The fraction of sp³-hybridized carbons (Fsp3) is 0. The number of aromatic amines is 1. The van der Waals surface area contributed by atoms with E-state index in [1.165, 1.54) is 0 Å². The average molecular weight is 291 g/mol. The molecule has 0 aliphatic rings. The van der Waals surface area contributed by atoms with Crippen LogP contribution < -0.4 is 5.56 Å². The second-order valence-electron chi connectivity index (χ2n) is 4.06. The Balaban J connectivity index is 2.27. The summed E-state index contributed by atoms with van der Waals surface area (Å²) in [6.45, 7) is 0. The van der Waals surface area contributed by atoms with E-state index in [-0.39, 0.29) is 5.56 Å². The molecule has 5 heteroatoms. The molecular formula is C14H8Cl2N2O. The molecule has 3 aromatic rings. The van der Waals surface area contributed by atoms with Gasteiger partial charge in [0.05, 0.1) is 21.1 Å². The van der Waals surface area contributed by atoms with Crippen LogP contribution in [-0.4, -0.2) is 9.97 Å². The van der Waals surface area contributed by atoms with Gasteiger partial charge in [0.25, 0.3) is 5.56 Å². The predicted molar refractivity (Wildman–Crippen MR) is 77.8 cm³/mol. The molecule has 1 heterocycles. The zero-order valence-corrected chi connectivity index (χ0v) is 11.2. The minimum Gasteiger partial charge on any atom is -0.319 e. The maximum atomic E-state index is 12.0. The van der Waals surface area contributed by atoms with Crippen LogP contribution in [0, 0.1) is 0 Å². The van der Waals surface area contributed by atoms with Gasteiger partial charge in [-0.1, -0.05) is 41.4 Å². The fourth-order valence-corrected chi connectivity index (χ4v) is 2.17. The molecule has 2 aromatic carbocycles. The monoisotopic (exact) mass is 290 g/mol. The van der Waals surface area contributed by atoms with Gasteiger partial charge in [-0.2, -0.15) is 0 Å². The molecule has 0 amide bonds. The van der Waals surface area contributed by atoms with Crippen molar-refractivity contribution in [1.82, 2.24) is 9.97 Å². The Morgan fingerprint density at radius 1 is 1.00 bits per heavy atom. The maximum absolute atomic E-state index is 12.0. The van der Waals surface area contributed by atoms with Crippen molar-refractivity contribution in [2.24, 2.45) is 0 Å². The van der Waals surface area contributed by atoms with Crippen LogP contribution in [0.15, 0.2) is 47.3 Å². The topological polar surface area (TPSA) is 45.8 Å². The molecule has 0 atom stereocenters. The number of nitrogens with zero attached hydrogens (tertiary/aromatic N) is 1. The van der Waals surface area contributed by atoms with Crippen LogP contribution in [0.25, 0.3) is 22.3 Å². The average Bonchev–Trinajstić information content (AvgIpc) is 2.41. The van der Waals surface area contributed by atoms with Crippen LogP contribution in [0.2, 0.25) is 10.0 Å². The number of H-pyrrole nitrogens is 1. The Bertz CT molecular complexity index is 827. The highest BCUT2D eigenvalue weighted by molar-refractivity contribution is 6.42. The van der Waals surface area contributed by atoms with Gasteiger partial charge in [-0.25, -0.2) is 4.98 Å². The van der Waals surface area contributed by atoms with Gasteiger partial charge < -0.3 is 4.98 Å². The minimum atomic E-state index is -0.253. The van der Waals surface area contributed by atoms with Crippen molar-refractivity contribution in [3.63, 3.8) is 0 Å². The summed E-state index contributed by atoms with van der Waals surface area (Å²) >= 11 is 11.8. The Hall–Kier alpha value is -1.84. The van der Waals surface area contributed by atoms with E-state index in [1.54, 1.807) is 18.2 Å². The third-order valence-electron chi connectivity index (χ3n) is 2.79. The predicted octanol–water partition coefficient (Wildman–Crippen LogP) is 3.90. The molecule has 0 radical (unpaired) electrons. The number of fused-ring (bicyclic) bond motifs is 1. The molecule has 3 rings (SSSR count). The largest absolute Gasteiger partial charge is 0.319 e. The number of aromatic nitrogens is 2. The third kappa shape index (κ3) is 2.23. The van der Waals surface area contributed by atoms with Gasteiger partial charge in [0, 0.05) is 5.56 Å². The van der Waals surface area contributed by atoms with E-state index in [0.717, 1.165) is 5.52 Å². The van der Waals surface area contributed by atoms with Gasteiger partial charge in [0.2, 0.25) is 0 Å². The lowest BCUT2D eigenvalue weighted by atomic mass is 10.1. The summed E-state index contributed by atoms with van der Waals surface area (Å²) in [6.07, 6.45) is 0. The fourth-order valence-electron chi connectivity index (χ4n) is 1.87. The number of para-hydroxylation sites is 2. The number of benzene rings is 2. The normalized spacial score (nSPS) is 10.8. The smallest absolute Gasteiger partial charge is 0.274 e. The molecule has 3 nitrogen and oxygen atoms in total. The van der Waals surface area contributed by atoms with Crippen molar-refractivity contribution in [1.29, 1.82) is 0 Å². The van der Waals surface area contributed by atoms with Crippen LogP contribution >= 0.6 is 23.2 Å². The third-order valence-corrected chi connectivity index (χ3v) is 3.53. The van der Waals surface area contributed by atoms with Crippen LogP contribution in [0.4, 0.5) is 0 Å². The van der Waals surface area contributed by atoms with Crippen molar-refractivity contribution in [3.8, 4) is 11.3 Å². The maximum Gasteiger partial charge on any atom is 0.274 e. The van der Waals surface area contributed by atoms with Gasteiger partial charge in [-0.05, 0) is 24.3 Å². The van der Waals surface area contributed by atoms with Gasteiger partial charge in [0.15, 0.2) is 0 Å². The van der Waals surface area contributed by atoms with E-state index in [9.17, 15) is 4.79 Å². The van der Waals surface area contributed by atoms with Crippen molar-refractivity contribution in [3.05, 3.63) is 62.9 Å². The molecular weight excluding hydrogens is 283 g/mol. The van der Waals surface area contributed by atoms with E-state index >= 15 is 0 Å². The Morgan fingerprint density at radius 3 is 2.58 bits per heavy atom. The lowest BCUT2D eigenvalue weighted by Gasteiger charge is -2.04. The van der Waals surface area contributed by atoms with Crippen molar-refractivity contribution in [2.45, 2.75) is 0 Å². The zero-order valence-electron chi connectivity index (χ0n) is 9.65. The first-order valence-corrected chi connectivity index (χ1v) is 6.35.